The summed E-state index contributed by atoms with van der Waals surface area (Å²) in [5.74, 6) is 0.571. The van der Waals surface area contributed by atoms with Gasteiger partial charge >= 0.3 is 0 Å². The van der Waals surface area contributed by atoms with Gasteiger partial charge in [0.25, 0.3) is 5.91 Å². The van der Waals surface area contributed by atoms with Crippen molar-refractivity contribution < 1.29 is 22.2 Å². The van der Waals surface area contributed by atoms with E-state index in [-0.39, 0.29) is 11.4 Å². The van der Waals surface area contributed by atoms with Gasteiger partial charge < -0.3 is 14.3 Å². The first-order valence-corrected chi connectivity index (χ1v) is 11.0. The lowest BCUT2D eigenvalue weighted by molar-refractivity contribution is 0.101. The molecule has 0 spiro atoms. The van der Waals surface area contributed by atoms with Crippen molar-refractivity contribution in [1.82, 2.24) is 9.46 Å². The molecule has 0 radical (unpaired) electrons. The van der Waals surface area contributed by atoms with Gasteiger partial charge in [0.2, 0.25) is 15.8 Å². The summed E-state index contributed by atoms with van der Waals surface area (Å²) in [6.07, 6.45) is 2.75. The summed E-state index contributed by atoms with van der Waals surface area (Å²) >= 11 is 0. The Labute approximate surface area is 168 Å². The number of carbonyl (C=O) groups is 1. The van der Waals surface area contributed by atoms with E-state index in [1.807, 2.05) is 19.1 Å². The predicted octanol–water partition coefficient (Wildman–Crippen LogP) is 3.28. The number of benzene rings is 1. The van der Waals surface area contributed by atoms with Crippen LogP contribution in [0.5, 0.6) is 0 Å². The van der Waals surface area contributed by atoms with E-state index >= 15 is 0 Å². The maximum Gasteiger partial charge on any atom is 0.277 e. The summed E-state index contributed by atoms with van der Waals surface area (Å²) in [7, 11) is -3.26. The number of aromatic nitrogens is 1. The summed E-state index contributed by atoms with van der Waals surface area (Å²) in [6, 6.07) is 10.5. The van der Waals surface area contributed by atoms with Gasteiger partial charge in [-0.05, 0) is 48.2 Å². The maximum atomic E-state index is 12.5. The Bertz CT molecular complexity index is 1120. The SMILES string of the molecule is CCCS(=O)(=O)N1CCc2ccc(NC(=O)c3cc(-c4ccco4)on3)cc2C1. The number of nitrogens with zero attached hydrogens (tertiary/aromatic N) is 2. The van der Waals surface area contributed by atoms with Crippen molar-refractivity contribution >= 4 is 21.6 Å². The van der Waals surface area contributed by atoms with E-state index in [0.717, 1.165) is 11.1 Å². The quantitative estimate of drug-likeness (QED) is 0.662. The third kappa shape index (κ3) is 4.10. The highest BCUT2D eigenvalue weighted by Gasteiger charge is 2.26. The van der Waals surface area contributed by atoms with Gasteiger partial charge in [-0.25, -0.2) is 8.42 Å². The number of sulfonamides is 1. The van der Waals surface area contributed by atoms with Crippen molar-refractivity contribution in [3.8, 4) is 11.5 Å². The van der Waals surface area contributed by atoms with Crippen molar-refractivity contribution in [2.45, 2.75) is 26.3 Å². The zero-order valence-corrected chi connectivity index (χ0v) is 16.7. The van der Waals surface area contributed by atoms with Crippen molar-refractivity contribution in [2.24, 2.45) is 0 Å². The fourth-order valence-corrected chi connectivity index (χ4v) is 4.83. The molecule has 0 saturated carbocycles. The van der Waals surface area contributed by atoms with Crippen LogP contribution in [0, 0.1) is 0 Å². The third-order valence-electron chi connectivity index (χ3n) is 4.80. The molecule has 8 nitrogen and oxygen atoms in total. The lowest BCUT2D eigenvalue weighted by atomic mass is 10.0. The van der Waals surface area contributed by atoms with Crippen LogP contribution >= 0.6 is 0 Å². The van der Waals surface area contributed by atoms with Crippen LogP contribution in [0.25, 0.3) is 11.5 Å². The maximum absolute atomic E-state index is 12.5. The molecule has 0 saturated heterocycles. The van der Waals surface area contributed by atoms with Crippen LogP contribution < -0.4 is 5.32 Å². The highest BCUT2D eigenvalue weighted by molar-refractivity contribution is 7.89. The number of furan rings is 1. The first-order chi connectivity index (χ1) is 14.0. The normalized spacial score (nSPS) is 14.5. The number of amides is 1. The van der Waals surface area contributed by atoms with Gasteiger partial charge in [0, 0.05) is 24.8 Å². The molecule has 1 amide bonds. The van der Waals surface area contributed by atoms with Gasteiger partial charge in [-0.1, -0.05) is 18.1 Å². The molecule has 152 valence electrons. The fourth-order valence-electron chi connectivity index (χ4n) is 3.35. The van der Waals surface area contributed by atoms with E-state index in [9.17, 15) is 13.2 Å². The van der Waals surface area contributed by atoms with Crippen LogP contribution in [0.15, 0.2) is 51.6 Å². The summed E-state index contributed by atoms with van der Waals surface area (Å²) in [5, 5.41) is 6.57. The largest absolute Gasteiger partial charge is 0.461 e. The van der Waals surface area contributed by atoms with Gasteiger partial charge in [0.15, 0.2) is 11.5 Å². The number of carbonyl (C=O) groups excluding carboxylic acids is 1. The van der Waals surface area contributed by atoms with Crippen molar-refractivity contribution in [3.05, 3.63) is 59.5 Å². The van der Waals surface area contributed by atoms with Gasteiger partial charge in [-0.2, -0.15) is 4.31 Å². The van der Waals surface area contributed by atoms with Gasteiger partial charge in [-0.3, -0.25) is 4.79 Å². The predicted molar refractivity (Wildman–Crippen MR) is 107 cm³/mol. The molecule has 3 aromatic rings. The molecule has 0 atom stereocenters. The molecule has 4 rings (SSSR count). The van der Waals surface area contributed by atoms with E-state index < -0.39 is 15.9 Å². The highest BCUT2D eigenvalue weighted by atomic mass is 32.2. The van der Waals surface area contributed by atoms with E-state index in [4.69, 9.17) is 8.94 Å². The Morgan fingerprint density at radius 3 is 2.83 bits per heavy atom. The Morgan fingerprint density at radius 2 is 2.07 bits per heavy atom. The number of nitrogens with one attached hydrogen (secondary N) is 1. The summed E-state index contributed by atoms with van der Waals surface area (Å²) in [6.45, 7) is 2.65. The van der Waals surface area contributed by atoms with Gasteiger partial charge in [-0.15, -0.1) is 0 Å². The molecule has 2 aromatic heterocycles. The minimum atomic E-state index is -3.26. The molecule has 9 heteroatoms. The Morgan fingerprint density at radius 1 is 1.21 bits per heavy atom. The Kier molecular flexibility index (Phi) is 5.25. The number of anilines is 1. The fraction of sp³-hybridized carbons (Fsp3) is 0.300. The summed E-state index contributed by atoms with van der Waals surface area (Å²) in [5.41, 5.74) is 2.69. The van der Waals surface area contributed by atoms with E-state index in [0.29, 0.717) is 43.1 Å². The molecule has 1 aromatic carbocycles. The van der Waals surface area contributed by atoms with Crippen molar-refractivity contribution in [3.63, 3.8) is 0 Å². The van der Waals surface area contributed by atoms with Crippen LogP contribution in [0.2, 0.25) is 0 Å². The summed E-state index contributed by atoms with van der Waals surface area (Å²) in [4.78, 5) is 12.5. The molecule has 29 heavy (non-hydrogen) atoms. The first-order valence-electron chi connectivity index (χ1n) is 9.38. The molecular weight excluding hydrogens is 394 g/mol. The Balaban J connectivity index is 1.49. The van der Waals surface area contributed by atoms with Crippen LogP contribution in [-0.4, -0.2) is 36.1 Å². The van der Waals surface area contributed by atoms with Gasteiger partial charge in [0.05, 0.1) is 12.0 Å². The van der Waals surface area contributed by atoms with Crippen molar-refractivity contribution in [1.29, 1.82) is 0 Å². The van der Waals surface area contributed by atoms with Gasteiger partial charge in [0.1, 0.15) is 0 Å². The second-order valence-electron chi connectivity index (χ2n) is 6.89. The highest BCUT2D eigenvalue weighted by Crippen LogP contribution is 2.26. The molecular formula is C20H21N3O5S. The van der Waals surface area contributed by atoms with Crippen LogP contribution in [0.4, 0.5) is 5.69 Å². The lowest BCUT2D eigenvalue weighted by Crippen LogP contribution is -2.37. The average Bonchev–Trinajstić information content (AvgIpc) is 3.39. The molecule has 1 N–H and O–H groups in total. The minimum Gasteiger partial charge on any atom is -0.461 e. The third-order valence-corrected chi connectivity index (χ3v) is 6.83. The number of rotatable bonds is 6. The topological polar surface area (TPSA) is 106 Å². The standard InChI is InChI=1S/C20H21N3O5S/c1-2-10-29(25,26)23-8-7-14-5-6-16(11-15(14)13-23)21-20(24)17-12-19(28-22-17)18-4-3-9-27-18/h3-6,9,11-12H,2,7-8,10,13H2,1H3,(H,21,24). The second-order valence-corrected chi connectivity index (χ2v) is 8.98. The van der Waals surface area contributed by atoms with Crippen LogP contribution in [0.1, 0.15) is 35.0 Å². The van der Waals surface area contributed by atoms with E-state index in [1.165, 1.54) is 16.6 Å². The molecule has 1 aliphatic heterocycles. The second kappa shape index (κ2) is 7.84. The summed E-state index contributed by atoms with van der Waals surface area (Å²) < 4.78 is 36.6. The minimum absolute atomic E-state index is 0.126. The first kappa shape index (κ1) is 19.4. The van der Waals surface area contributed by atoms with Crippen LogP contribution in [-0.2, 0) is 23.0 Å². The number of fused-ring (bicyclic) bond motifs is 1. The number of hydrogen-bond acceptors (Lipinski definition) is 6. The molecule has 0 fully saturated rings. The lowest BCUT2D eigenvalue weighted by Gasteiger charge is -2.28. The van der Waals surface area contributed by atoms with E-state index in [1.54, 1.807) is 18.2 Å². The monoisotopic (exact) mass is 415 g/mol. The molecule has 3 heterocycles. The zero-order valence-electron chi connectivity index (χ0n) is 15.9. The zero-order chi connectivity index (χ0) is 20.4. The number of hydrogen-bond donors (Lipinski definition) is 1. The molecule has 0 bridgehead atoms. The molecule has 0 unspecified atom stereocenters. The smallest absolute Gasteiger partial charge is 0.277 e. The van der Waals surface area contributed by atoms with E-state index in [2.05, 4.69) is 10.5 Å². The van der Waals surface area contributed by atoms with Crippen LogP contribution in [0.3, 0.4) is 0 Å². The van der Waals surface area contributed by atoms with Crippen molar-refractivity contribution in [2.75, 3.05) is 17.6 Å². The average molecular weight is 415 g/mol. The molecule has 1 aliphatic rings. The molecule has 0 aliphatic carbocycles. The Hall–Kier alpha value is -2.91.